The molecule has 2 fully saturated rings. The van der Waals surface area contributed by atoms with Crippen molar-refractivity contribution in [3.63, 3.8) is 0 Å². The predicted octanol–water partition coefficient (Wildman–Crippen LogP) is -6.01. The van der Waals surface area contributed by atoms with E-state index in [2.05, 4.69) is 0 Å². The second-order valence-corrected chi connectivity index (χ2v) is 5.75. The first-order valence-corrected chi connectivity index (χ1v) is 7.07. The summed E-state index contributed by atoms with van der Waals surface area (Å²) in [5.74, 6) is 0. The van der Waals surface area contributed by atoms with Crippen LogP contribution in [-0.2, 0) is 9.47 Å². The second kappa shape index (κ2) is 7.21. The number of hydrogen-bond acceptors (Lipinski definition) is 11. The van der Waals surface area contributed by atoms with Gasteiger partial charge < -0.3 is 55.4 Å². The van der Waals surface area contributed by atoms with Crippen molar-refractivity contribution in [1.82, 2.24) is 0 Å². The van der Waals surface area contributed by atoms with Crippen LogP contribution in [0.25, 0.3) is 0 Å². The van der Waals surface area contributed by atoms with Gasteiger partial charge in [0.05, 0.1) is 6.61 Å². The molecule has 9 N–H and O–H groups in total. The van der Waals surface area contributed by atoms with Crippen LogP contribution in [0.3, 0.4) is 0 Å². The number of aliphatic hydroxyl groups excluding tert-OH is 9. The highest BCUT2D eigenvalue weighted by molar-refractivity contribution is 5.00. The molecule has 0 aromatic heterocycles. The lowest BCUT2D eigenvalue weighted by Crippen LogP contribution is -2.67. The van der Waals surface area contributed by atoms with Crippen LogP contribution in [0.15, 0.2) is 0 Å². The van der Waals surface area contributed by atoms with Gasteiger partial charge in [0.2, 0.25) is 0 Å². The van der Waals surface area contributed by atoms with Crippen molar-refractivity contribution in [2.24, 2.45) is 0 Å². The summed E-state index contributed by atoms with van der Waals surface area (Å²) in [7, 11) is 0. The van der Waals surface area contributed by atoms with Crippen molar-refractivity contribution in [3.05, 3.63) is 0 Å². The zero-order chi connectivity index (χ0) is 17.5. The molecule has 1 heterocycles. The Bertz CT molecular complexity index is 377. The molecule has 1 aliphatic heterocycles. The predicted molar refractivity (Wildman–Crippen MR) is 68.7 cm³/mol. The van der Waals surface area contributed by atoms with Gasteiger partial charge in [-0.2, -0.15) is 0 Å². The zero-order valence-electron chi connectivity index (χ0n) is 11.9. The van der Waals surface area contributed by atoms with E-state index in [0.717, 1.165) is 0 Å². The van der Waals surface area contributed by atoms with E-state index in [1.54, 1.807) is 0 Å². The summed E-state index contributed by atoms with van der Waals surface area (Å²) >= 11 is 0. The molecule has 0 bridgehead atoms. The Kier molecular flexibility index (Phi) is 5.92. The van der Waals surface area contributed by atoms with Crippen LogP contribution in [0, 0.1) is 0 Å². The Morgan fingerprint density at radius 3 is 1.52 bits per heavy atom. The molecule has 11 heteroatoms. The fourth-order valence-electron chi connectivity index (χ4n) is 2.69. The van der Waals surface area contributed by atoms with Gasteiger partial charge in [0, 0.05) is 0 Å². The van der Waals surface area contributed by atoms with Crippen molar-refractivity contribution < 1.29 is 55.4 Å². The van der Waals surface area contributed by atoms with E-state index in [9.17, 15) is 40.9 Å². The molecule has 1 aliphatic carbocycles. The standard InChI is InChI=1S/C12H22O11/c13-1-2-3(14)4(15)10(21)12(22-2)23-11-8(19)6(17)5(16)7(18)9(11)20/h2-21H,1H2/t2-,3-,4+,5?,6-,7+,8+,9-,10+,11?,12-/m0/s1. The number of rotatable bonds is 3. The van der Waals surface area contributed by atoms with E-state index in [4.69, 9.17) is 14.6 Å². The molecule has 2 unspecified atom stereocenters. The largest absolute Gasteiger partial charge is 0.394 e. The maximum Gasteiger partial charge on any atom is 0.187 e. The van der Waals surface area contributed by atoms with Gasteiger partial charge in [-0.25, -0.2) is 0 Å². The highest BCUT2D eigenvalue weighted by atomic mass is 16.7. The minimum absolute atomic E-state index is 0.704. The monoisotopic (exact) mass is 342 g/mol. The third-order valence-electron chi connectivity index (χ3n) is 4.21. The summed E-state index contributed by atoms with van der Waals surface area (Å²) in [5.41, 5.74) is 0. The molecular formula is C12H22O11. The number of aliphatic hydroxyl groups is 9. The molecule has 11 atom stereocenters. The van der Waals surface area contributed by atoms with Crippen LogP contribution in [-0.4, -0.2) is 120 Å². The zero-order valence-corrected chi connectivity index (χ0v) is 11.9. The first-order chi connectivity index (χ1) is 10.7. The van der Waals surface area contributed by atoms with Gasteiger partial charge in [0.1, 0.15) is 61.0 Å². The van der Waals surface area contributed by atoms with Gasteiger partial charge in [0.25, 0.3) is 0 Å². The topological polar surface area (TPSA) is 201 Å². The van der Waals surface area contributed by atoms with Gasteiger partial charge in [0.15, 0.2) is 6.29 Å². The second-order valence-electron chi connectivity index (χ2n) is 5.75. The van der Waals surface area contributed by atoms with Gasteiger partial charge in [-0.1, -0.05) is 0 Å². The molecule has 0 spiro atoms. The van der Waals surface area contributed by atoms with Crippen LogP contribution in [0.5, 0.6) is 0 Å². The molecular weight excluding hydrogens is 320 g/mol. The van der Waals surface area contributed by atoms with E-state index < -0.39 is 73.9 Å². The number of ether oxygens (including phenoxy) is 2. The van der Waals surface area contributed by atoms with Crippen molar-refractivity contribution in [2.75, 3.05) is 6.61 Å². The first kappa shape index (κ1) is 18.9. The molecule has 136 valence electrons. The third kappa shape index (κ3) is 3.36. The molecule has 1 saturated carbocycles. The SMILES string of the molecule is OC[C@@H]1O[C@@H](OC2[C@@H](O)[C@H](O)C(O)[C@H](O)[C@H]2O)[C@H](O)[C@H](O)[C@H]1O. The Morgan fingerprint density at radius 2 is 1.04 bits per heavy atom. The summed E-state index contributed by atoms with van der Waals surface area (Å²) in [6.07, 6.45) is -18.9. The lowest BCUT2D eigenvalue weighted by molar-refractivity contribution is -0.339. The fraction of sp³-hybridized carbons (Fsp3) is 1.00. The Morgan fingerprint density at radius 1 is 0.609 bits per heavy atom. The molecule has 2 aliphatic rings. The Labute approximate surface area is 130 Å². The van der Waals surface area contributed by atoms with Gasteiger partial charge in [-0.15, -0.1) is 0 Å². The van der Waals surface area contributed by atoms with E-state index >= 15 is 0 Å². The normalized spacial score (nSPS) is 54.9. The summed E-state index contributed by atoms with van der Waals surface area (Å²) in [4.78, 5) is 0. The van der Waals surface area contributed by atoms with Crippen molar-refractivity contribution >= 4 is 0 Å². The van der Waals surface area contributed by atoms with Crippen LogP contribution >= 0.6 is 0 Å². The molecule has 23 heavy (non-hydrogen) atoms. The summed E-state index contributed by atoms with van der Waals surface area (Å²) in [5, 5.41) is 86.6. The van der Waals surface area contributed by atoms with E-state index in [-0.39, 0.29) is 0 Å². The van der Waals surface area contributed by atoms with Crippen LogP contribution < -0.4 is 0 Å². The Balaban J connectivity index is 2.13. The van der Waals surface area contributed by atoms with Gasteiger partial charge >= 0.3 is 0 Å². The fourth-order valence-corrected chi connectivity index (χ4v) is 2.69. The molecule has 0 aromatic rings. The molecule has 11 nitrogen and oxygen atoms in total. The van der Waals surface area contributed by atoms with Crippen LogP contribution in [0.4, 0.5) is 0 Å². The van der Waals surface area contributed by atoms with Crippen LogP contribution in [0.2, 0.25) is 0 Å². The van der Waals surface area contributed by atoms with Gasteiger partial charge in [-0.3, -0.25) is 0 Å². The average molecular weight is 342 g/mol. The first-order valence-electron chi connectivity index (χ1n) is 7.07. The maximum absolute atomic E-state index is 9.85. The summed E-state index contributed by atoms with van der Waals surface area (Å²) in [6, 6.07) is 0. The smallest absolute Gasteiger partial charge is 0.187 e. The molecule has 0 aromatic carbocycles. The molecule has 2 rings (SSSR count). The molecule has 0 amide bonds. The summed E-state index contributed by atoms with van der Waals surface area (Å²) in [6.45, 7) is -0.704. The van der Waals surface area contributed by atoms with Crippen molar-refractivity contribution in [2.45, 2.75) is 67.3 Å². The van der Waals surface area contributed by atoms with Crippen molar-refractivity contribution in [1.29, 1.82) is 0 Å². The summed E-state index contributed by atoms with van der Waals surface area (Å²) < 4.78 is 10.2. The highest BCUT2D eigenvalue weighted by Crippen LogP contribution is 2.29. The highest BCUT2D eigenvalue weighted by Gasteiger charge is 2.52. The minimum atomic E-state index is -1.83. The van der Waals surface area contributed by atoms with E-state index in [0.29, 0.717) is 0 Å². The van der Waals surface area contributed by atoms with E-state index in [1.807, 2.05) is 0 Å². The van der Waals surface area contributed by atoms with Crippen molar-refractivity contribution in [3.8, 4) is 0 Å². The average Bonchev–Trinajstić information content (AvgIpc) is 2.54. The maximum atomic E-state index is 9.85. The third-order valence-corrected chi connectivity index (χ3v) is 4.21. The lowest BCUT2D eigenvalue weighted by atomic mass is 9.84. The van der Waals surface area contributed by atoms with E-state index in [1.165, 1.54) is 0 Å². The minimum Gasteiger partial charge on any atom is -0.394 e. The Hall–Kier alpha value is -0.440. The van der Waals surface area contributed by atoms with Crippen LogP contribution in [0.1, 0.15) is 0 Å². The molecule has 1 saturated heterocycles. The molecule has 0 radical (unpaired) electrons. The number of hydrogen-bond donors (Lipinski definition) is 9. The lowest BCUT2D eigenvalue weighted by Gasteiger charge is -2.45. The quantitative estimate of drug-likeness (QED) is 0.236. The van der Waals surface area contributed by atoms with Gasteiger partial charge in [-0.05, 0) is 0 Å².